The molecule has 0 bridgehead atoms. The van der Waals surface area contributed by atoms with Gasteiger partial charge < -0.3 is 9.73 Å². The van der Waals surface area contributed by atoms with Crippen LogP contribution in [-0.4, -0.2) is 15.7 Å². The fourth-order valence-electron chi connectivity index (χ4n) is 2.24. The van der Waals surface area contributed by atoms with Gasteiger partial charge in [0.05, 0.1) is 5.56 Å². The molecule has 3 aromatic rings. The molecule has 0 atom stereocenters. The number of rotatable bonds is 3. The number of hydrogen-bond donors (Lipinski definition) is 1. The molecule has 0 spiro atoms. The van der Waals surface area contributed by atoms with Gasteiger partial charge in [-0.15, -0.1) is 0 Å². The van der Waals surface area contributed by atoms with E-state index in [0.29, 0.717) is 6.07 Å². The number of amides is 1. The zero-order valence-electron chi connectivity index (χ0n) is 12.6. The summed E-state index contributed by atoms with van der Waals surface area (Å²) in [5.41, 5.74) is -3.09. The number of halogens is 5. The van der Waals surface area contributed by atoms with E-state index in [9.17, 15) is 31.5 Å². The van der Waals surface area contributed by atoms with Crippen molar-refractivity contribution in [3.8, 4) is 0 Å². The number of anilines is 1. The lowest BCUT2D eigenvalue weighted by Gasteiger charge is -2.10. The highest BCUT2D eigenvalue weighted by Crippen LogP contribution is 2.34. The molecule has 2 aromatic heterocycles. The van der Waals surface area contributed by atoms with Crippen LogP contribution in [0, 0.1) is 0 Å². The fourth-order valence-corrected chi connectivity index (χ4v) is 2.24. The fraction of sp³-hybridized carbons (Fsp3) is 0.133. The Morgan fingerprint density at radius 2 is 1.92 bits per heavy atom. The first-order chi connectivity index (χ1) is 12.1. The summed E-state index contributed by atoms with van der Waals surface area (Å²) in [6.45, 7) is -2.92. The van der Waals surface area contributed by atoms with E-state index in [-0.39, 0.29) is 27.0 Å². The van der Waals surface area contributed by atoms with Gasteiger partial charge in [-0.1, -0.05) is 0 Å². The molecule has 1 N–H and O–H groups in total. The molecular formula is C15H8F5N3O3. The van der Waals surface area contributed by atoms with Crippen LogP contribution in [0.1, 0.15) is 22.6 Å². The van der Waals surface area contributed by atoms with Crippen molar-refractivity contribution in [3.05, 3.63) is 58.2 Å². The number of carbonyl (C=O) groups is 1. The summed E-state index contributed by atoms with van der Waals surface area (Å²) in [4.78, 5) is 23.3. The van der Waals surface area contributed by atoms with Gasteiger partial charge in [-0.05, 0) is 18.2 Å². The Bertz CT molecular complexity index is 1040. The van der Waals surface area contributed by atoms with Gasteiger partial charge in [0.2, 0.25) is 0 Å². The topological polar surface area (TPSA) is 77.1 Å². The SMILES string of the molecule is O=C(Nc1ccc2c(C(F)(F)F)cc(=O)oc2c1)c1ccn(C(F)F)n1. The van der Waals surface area contributed by atoms with Crippen LogP contribution in [0.4, 0.5) is 27.6 Å². The van der Waals surface area contributed by atoms with Crippen LogP contribution in [-0.2, 0) is 6.18 Å². The van der Waals surface area contributed by atoms with E-state index in [0.717, 1.165) is 30.5 Å². The third-order valence-electron chi connectivity index (χ3n) is 3.35. The maximum absolute atomic E-state index is 13.0. The Morgan fingerprint density at radius 3 is 2.54 bits per heavy atom. The van der Waals surface area contributed by atoms with Crippen LogP contribution >= 0.6 is 0 Å². The van der Waals surface area contributed by atoms with Crippen molar-refractivity contribution in [3.63, 3.8) is 0 Å². The zero-order chi connectivity index (χ0) is 19.1. The van der Waals surface area contributed by atoms with Crippen molar-refractivity contribution in [1.29, 1.82) is 0 Å². The van der Waals surface area contributed by atoms with Gasteiger partial charge in [0.15, 0.2) is 5.69 Å². The molecule has 11 heteroatoms. The van der Waals surface area contributed by atoms with Crippen LogP contribution in [0.15, 0.2) is 45.7 Å². The number of hydrogen-bond acceptors (Lipinski definition) is 4. The molecule has 0 saturated carbocycles. The van der Waals surface area contributed by atoms with E-state index in [4.69, 9.17) is 4.42 Å². The summed E-state index contributed by atoms with van der Waals surface area (Å²) in [5.74, 6) is -0.863. The molecule has 0 aliphatic carbocycles. The molecule has 0 aliphatic heterocycles. The molecule has 26 heavy (non-hydrogen) atoms. The average molecular weight is 373 g/mol. The smallest absolute Gasteiger partial charge is 0.417 e. The van der Waals surface area contributed by atoms with Crippen LogP contribution in [0.5, 0.6) is 0 Å². The Kier molecular flexibility index (Phi) is 4.22. The minimum Gasteiger partial charge on any atom is -0.423 e. The highest BCUT2D eigenvalue weighted by Gasteiger charge is 2.33. The van der Waals surface area contributed by atoms with Crippen molar-refractivity contribution in [2.24, 2.45) is 0 Å². The summed E-state index contributed by atoms with van der Waals surface area (Å²) >= 11 is 0. The first kappa shape index (κ1) is 17.6. The van der Waals surface area contributed by atoms with Gasteiger partial charge in [0.25, 0.3) is 5.91 Å². The predicted octanol–water partition coefficient (Wildman–Crippen LogP) is 3.66. The number of alkyl halides is 5. The second kappa shape index (κ2) is 6.24. The molecule has 2 heterocycles. The second-order valence-electron chi connectivity index (χ2n) is 5.10. The largest absolute Gasteiger partial charge is 0.423 e. The van der Waals surface area contributed by atoms with Gasteiger partial charge in [0.1, 0.15) is 5.58 Å². The first-order valence-electron chi connectivity index (χ1n) is 6.95. The maximum atomic E-state index is 13.0. The molecule has 0 unspecified atom stereocenters. The van der Waals surface area contributed by atoms with Crippen molar-refractivity contribution >= 4 is 22.6 Å². The van der Waals surface area contributed by atoms with Crippen molar-refractivity contribution < 1.29 is 31.2 Å². The van der Waals surface area contributed by atoms with Gasteiger partial charge in [-0.2, -0.15) is 27.1 Å². The van der Waals surface area contributed by atoms with Crippen LogP contribution in [0.3, 0.4) is 0 Å². The second-order valence-corrected chi connectivity index (χ2v) is 5.10. The normalized spacial score (nSPS) is 11.9. The Labute approximate surface area is 140 Å². The van der Waals surface area contributed by atoms with E-state index in [1.54, 1.807) is 0 Å². The van der Waals surface area contributed by atoms with E-state index in [2.05, 4.69) is 10.4 Å². The van der Waals surface area contributed by atoms with Crippen molar-refractivity contribution in [1.82, 2.24) is 9.78 Å². The van der Waals surface area contributed by atoms with Gasteiger partial charge in [-0.25, -0.2) is 9.48 Å². The number of nitrogens with one attached hydrogen (secondary N) is 1. The molecule has 0 saturated heterocycles. The zero-order valence-corrected chi connectivity index (χ0v) is 12.6. The highest BCUT2D eigenvalue weighted by molar-refractivity contribution is 6.03. The Morgan fingerprint density at radius 1 is 1.19 bits per heavy atom. The van der Waals surface area contributed by atoms with Crippen LogP contribution in [0.2, 0.25) is 0 Å². The molecule has 0 fully saturated rings. The number of carbonyl (C=O) groups excluding carboxylic acids is 1. The first-order valence-corrected chi connectivity index (χ1v) is 6.95. The summed E-state index contributed by atoms with van der Waals surface area (Å²) in [6, 6.07) is 4.57. The monoisotopic (exact) mass is 373 g/mol. The lowest BCUT2D eigenvalue weighted by molar-refractivity contribution is -0.136. The molecule has 3 rings (SSSR count). The highest BCUT2D eigenvalue weighted by atomic mass is 19.4. The third-order valence-corrected chi connectivity index (χ3v) is 3.35. The van der Waals surface area contributed by atoms with E-state index in [1.807, 2.05) is 0 Å². The third kappa shape index (κ3) is 3.41. The van der Waals surface area contributed by atoms with Crippen LogP contribution < -0.4 is 10.9 Å². The number of nitrogens with zero attached hydrogens (tertiary/aromatic N) is 2. The standard InChI is InChI=1S/C15H8F5N3O3/c16-14(17)23-4-3-10(22-23)13(25)21-7-1-2-8-9(15(18,19)20)6-12(24)26-11(8)5-7/h1-6,14H,(H,21,25). The van der Waals surface area contributed by atoms with Gasteiger partial charge >= 0.3 is 18.4 Å². The molecule has 1 aromatic carbocycles. The van der Waals surface area contributed by atoms with E-state index < -0.39 is 29.8 Å². The predicted molar refractivity (Wildman–Crippen MR) is 78.9 cm³/mol. The van der Waals surface area contributed by atoms with Crippen molar-refractivity contribution in [2.75, 3.05) is 5.32 Å². The molecule has 136 valence electrons. The van der Waals surface area contributed by atoms with Crippen molar-refractivity contribution in [2.45, 2.75) is 12.7 Å². The Balaban J connectivity index is 1.94. The molecule has 1 amide bonds. The summed E-state index contributed by atoms with van der Waals surface area (Å²) in [5, 5.41) is 5.27. The minimum absolute atomic E-state index is 0.00317. The number of benzene rings is 1. The quantitative estimate of drug-likeness (QED) is 0.562. The summed E-state index contributed by atoms with van der Waals surface area (Å²) in [6.07, 6.45) is -3.87. The molecule has 0 radical (unpaired) electrons. The van der Waals surface area contributed by atoms with Crippen LogP contribution in [0.25, 0.3) is 11.0 Å². The summed E-state index contributed by atoms with van der Waals surface area (Å²) < 4.78 is 68.8. The van der Waals surface area contributed by atoms with Gasteiger partial charge in [0, 0.05) is 29.4 Å². The lowest BCUT2D eigenvalue weighted by atomic mass is 10.1. The molecule has 0 aliphatic rings. The lowest BCUT2D eigenvalue weighted by Crippen LogP contribution is -2.14. The molecular weight excluding hydrogens is 365 g/mol. The summed E-state index contributed by atoms with van der Waals surface area (Å²) in [7, 11) is 0. The van der Waals surface area contributed by atoms with E-state index >= 15 is 0 Å². The maximum Gasteiger partial charge on any atom is 0.417 e. The Hall–Kier alpha value is -3.24. The van der Waals surface area contributed by atoms with Gasteiger partial charge in [-0.3, -0.25) is 4.79 Å². The average Bonchev–Trinajstić information content (AvgIpc) is 3.03. The van der Waals surface area contributed by atoms with E-state index in [1.165, 1.54) is 0 Å². The minimum atomic E-state index is -4.76. The molecule has 6 nitrogen and oxygen atoms in total. The number of aromatic nitrogens is 2. The number of fused-ring (bicyclic) bond motifs is 1.